The van der Waals surface area contributed by atoms with Crippen LogP contribution >= 0.6 is 11.3 Å². The summed E-state index contributed by atoms with van der Waals surface area (Å²) in [6.45, 7) is 4.44. The highest BCUT2D eigenvalue weighted by Crippen LogP contribution is 2.26. The predicted octanol–water partition coefficient (Wildman–Crippen LogP) is 3.21. The zero-order chi connectivity index (χ0) is 14.7. The van der Waals surface area contributed by atoms with Crippen LogP contribution < -0.4 is 0 Å². The van der Waals surface area contributed by atoms with Crippen LogP contribution in [0.1, 0.15) is 29.1 Å². The molecule has 4 nitrogen and oxygen atoms in total. The molecule has 0 unspecified atom stereocenters. The van der Waals surface area contributed by atoms with Crippen LogP contribution in [-0.2, 0) is 6.54 Å². The van der Waals surface area contributed by atoms with E-state index in [1.54, 1.807) is 16.2 Å². The monoisotopic (exact) mass is 291 g/mol. The average Bonchev–Trinajstić information content (AvgIpc) is 2.91. The lowest BCUT2D eigenvalue weighted by atomic mass is 10.1. The minimum absolute atomic E-state index is 0.0422. The standard InChI is InChI=1S/C15H17NO3S/c1-10(2)16(9-12-4-3-7-20-12)15(19)11-5-6-13(17)14(18)8-11/h3-8,10,17-18H,9H2,1-2H3. The third kappa shape index (κ3) is 3.11. The molecule has 1 amide bonds. The van der Waals surface area contributed by atoms with Crippen molar-refractivity contribution in [1.29, 1.82) is 0 Å². The van der Waals surface area contributed by atoms with Gasteiger partial charge in [-0.3, -0.25) is 4.79 Å². The molecule has 20 heavy (non-hydrogen) atoms. The Balaban J connectivity index is 2.24. The molecule has 106 valence electrons. The molecule has 2 N–H and O–H groups in total. The van der Waals surface area contributed by atoms with Crippen molar-refractivity contribution in [3.63, 3.8) is 0 Å². The van der Waals surface area contributed by atoms with Gasteiger partial charge in [0.05, 0.1) is 6.54 Å². The lowest BCUT2D eigenvalue weighted by Crippen LogP contribution is -2.36. The number of phenols is 2. The molecular formula is C15H17NO3S. The number of carbonyl (C=O) groups excluding carboxylic acids is 1. The Hall–Kier alpha value is -2.01. The zero-order valence-electron chi connectivity index (χ0n) is 11.4. The Morgan fingerprint density at radius 1 is 1.25 bits per heavy atom. The average molecular weight is 291 g/mol. The van der Waals surface area contributed by atoms with E-state index in [0.717, 1.165) is 4.88 Å². The highest BCUT2D eigenvalue weighted by atomic mass is 32.1. The predicted molar refractivity (Wildman–Crippen MR) is 79.1 cm³/mol. The van der Waals surface area contributed by atoms with Gasteiger partial charge in [-0.15, -0.1) is 11.3 Å². The molecule has 1 aromatic carbocycles. The number of carbonyl (C=O) groups is 1. The van der Waals surface area contributed by atoms with E-state index in [-0.39, 0.29) is 23.4 Å². The van der Waals surface area contributed by atoms with Crippen molar-refractivity contribution >= 4 is 17.2 Å². The molecule has 1 heterocycles. The van der Waals surface area contributed by atoms with E-state index in [9.17, 15) is 15.0 Å². The number of amides is 1. The molecular weight excluding hydrogens is 274 g/mol. The Kier molecular flexibility index (Phi) is 4.29. The topological polar surface area (TPSA) is 60.8 Å². The van der Waals surface area contributed by atoms with Gasteiger partial charge < -0.3 is 15.1 Å². The number of thiophene rings is 1. The smallest absolute Gasteiger partial charge is 0.254 e. The number of hydrogen-bond donors (Lipinski definition) is 2. The van der Waals surface area contributed by atoms with Gasteiger partial charge in [-0.05, 0) is 43.5 Å². The fourth-order valence-electron chi connectivity index (χ4n) is 1.88. The second-order valence-corrected chi connectivity index (χ2v) is 5.84. The fourth-order valence-corrected chi connectivity index (χ4v) is 2.58. The number of nitrogens with zero attached hydrogens (tertiary/aromatic N) is 1. The zero-order valence-corrected chi connectivity index (χ0v) is 12.2. The van der Waals surface area contributed by atoms with Crippen LogP contribution in [0.2, 0.25) is 0 Å². The van der Waals surface area contributed by atoms with E-state index in [1.807, 2.05) is 31.4 Å². The van der Waals surface area contributed by atoms with Crippen LogP contribution in [0.4, 0.5) is 0 Å². The van der Waals surface area contributed by atoms with Crippen molar-refractivity contribution < 1.29 is 15.0 Å². The van der Waals surface area contributed by atoms with Crippen molar-refractivity contribution in [3.8, 4) is 11.5 Å². The normalized spacial score (nSPS) is 10.8. The number of aromatic hydroxyl groups is 2. The largest absolute Gasteiger partial charge is 0.504 e. The van der Waals surface area contributed by atoms with E-state index < -0.39 is 0 Å². The van der Waals surface area contributed by atoms with Crippen molar-refractivity contribution in [2.24, 2.45) is 0 Å². The highest BCUT2D eigenvalue weighted by molar-refractivity contribution is 7.09. The Morgan fingerprint density at radius 2 is 2.00 bits per heavy atom. The summed E-state index contributed by atoms with van der Waals surface area (Å²) in [4.78, 5) is 15.4. The highest BCUT2D eigenvalue weighted by Gasteiger charge is 2.20. The molecule has 5 heteroatoms. The van der Waals surface area contributed by atoms with Gasteiger partial charge in [0.1, 0.15) is 0 Å². The summed E-state index contributed by atoms with van der Waals surface area (Å²) in [5.41, 5.74) is 0.366. The van der Waals surface area contributed by atoms with Crippen LogP contribution in [0, 0.1) is 0 Å². The van der Waals surface area contributed by atoms with E-state index in [2.05, 4.69) is 0 Å². The van der Waals surface area contributed by atoms with Gasteiger partial charge in [-0.2, -0.15) is 0 Å². The Morgan fingerprint density at radius 3 is 2.55 bits per heavy atom. The van der Waals surface area contributed by atoms with Crippen LogP contribution in [0.3, 0.4) is 0 Å². The molecule has 0 fully saturated rings. The second-order valence-electron chi connectivity index (χ2n) is 4.81. The molecule has 2 aromatic rings. The molecule has 0 saturated heterocycles. The summed E-state index contributed by atoms with van der Waals surface area (Å²) in [5, 5.41) is 20.8. The first-order valence-electron chi connectivity index (χ1n) is 6.34. The Bertz CT molecular complexity index is 593. The number of phenolic OH excluding ortho intramolecular Hbond substituents is 2. The minimum atomic E-state index is -0.282. The fraction of sp³-hybridized carbons (Fsp3) is 0.267. The Labute approximate surface area is 121 Å². The van der Waals surface area contributed by atoms with Crippen molar-refractivity contribution in [2.45, 2.75) is 26.4 Å². The first-order valence-corrected chi connectivity index (χ1v) is 7.22. The van der Waals surface area contributed by atoms with Crippen molar-refractivity contribution in [3.05, 3.63) is 46.2 Å². The SMILES string of the molecule is CC(C)N(Cc1cccs1)C(=O)c1ccc(O)c(O)c1. The summed E-state index contributed by atoms with van der Waals surface area (Å²) in [6.07, 6.45) is 0. The van der Waals surface area contributed by atoms with Crippen LogP contribution in [0.15, 0.2) is 35.7 Å². The maximum absolute atomic E-state index is 12.5. The van der Waals surface area contributed by atoms with Crippen molar-refractivity contribution in [2.75, 3.05) is 0 Å². The number of hydrogen-bond acceptors (Lipinski definition) is 4. The first kappa shape index (κ1) is 14.4. The molecule has 0 saturated carbocycles. The third-order valence-corrected chi connectivity index (χ3v) is 3.87. The summed E-state index contributed by atoms with van der Waals surface area (Å²) >= 11 is 1.60. The van der Waals surface area contributed by atoms with Crippen molar-refractivity contribution in [1.82, 2.24) is 4.90 Å². The molecule has 0 aliphatic rings. The lowest BCUT2D eigenvalue weighted by Gasteiger charge is -2.26. The summed E-state index contributed by atoms with van der Waals surface area (Å²) in [5.74, 6) is -0.671. The molecule has 2 rings (SSSR count). The molecule has 0 spiro atoms. The molecule has 0 aliphatic carbocycles. The van der Waals surface area contributed by atoms with Crippen LogP contribution in [0.5, 0.6) is 11.5 Å². The van der Waals surface area contributed by atoms with Gasteiger partial charge in [0, 0.05) is 16.5 Å². The van der Waals surface area contributed by atoms with Gasteiger partial charge in [-0.25, -0.2) is 0 Å². The van der Waals surface area contributed by atoms with Crippen LogP contribution in [0.25, 0.3) is 0 Å². The maximum Gasteiger partial charge on any atom is 0.254 e. The van der Waals surface area contributed by atoms with Gasteiger partial charge >= 0.3 is 0 Å². The molecule has 1 aromatic heterocycles. The third-order valence-electron chi connectivity index (χ3n) is 3.01. The van der Waals surface area contributed by atoms with Gasteiger partial charge in [0.2, 0.25) is 0 Å². The molecule has 0 aliphatic heterocycles. The minimum Gasteiger partial charge on any atom is -0.504 e. The quantitative estimate of drug-likeness (QED) is 0.850. The van der Waals surface area contributed by atoms with Gasteiger partial charge in [-0.1, -0.05) is 6.07 Å². The van der Waals surface area contributed by atoms with Gasteiger partial charge in [0.25, 0.3) is 5.91 Å². The summed E-state index contributed by atoms with van der Waals surface area (Å²) in [6, 6.07) is 8.12. The lowest BCUT2D eigenvalue weighted by molar-refractivity contribution is 0.0692. The van der Waals surface area contributed by atoms with Crippen LogP contribution in [-0.4, -0.2) is 27.1 Å². The van der Waals surface area contributed by atoms with E-state index in [1.165, 1.54) is 18.2 Å². The maximum atomic E-state index is 12.5. The number of rotatable bonds is 4. The van der Waals surface area contributed by atoms with Gasteiger partial charge in [0.15, 0.2) is 11.5 Å². The first-order chi connectivity index (χ1) is 9.49. The molecule has 0 bridgehead atoms. The second kappa shape index (κ2) is 5.96. The summed E-state index contributed by atoms with van der Waals surface area (Å²) < 4.78 is 0. The van der Waals surface area contributed by atoms with E-state index in [4.69, 9.17) is 0 Å². The van der Waals surface area contributed by atoms with E-state index >= 15 is 0 Å². The number of benzene rings is 1. The summed E-state index contributed by atoms with van der Waals surface area (Å²) in [7, 11) is 0. The molecule has 0 radical (unpaired) electrons. The van der Waals surface area contributed by atoms with E-state index in [0.29, 0.717) is 12.1 Å². The molecule has 0 atom stereocenters.